The standard InChI is InChI=1S/C15H20N2O3/c18-14(10-12-7-4-8-16-12)17-13(15(19)20)9-11-5-2-1-3-6-11/h1-3,5-6,12-13,16H,4,7-10H2,(H,17,18)(H,19,20). The summed E-state index contributed by atoms with van der Waals surface area (Å²) in [6.07, 6.45) is 2.70. The zero-order valence-electron chi connectivity index (χ0n) is 11.3. The molecule has 20 heavy (non-hydrogen) atoms. The number of carbonyl (C=O) groups excluding carboxylic acids is 1. The van der Waals surface area contributed by atoms with Crippen molar-refractivity contribution in [3.63, 3.8) is 0 Å². The van der Waals surface area contributed by atoms with Gasteiger partial charge in [-0.2, -0.15) is 0 Å². The molecule has 1 fully saturated rings. The highest BCUT2D eigenvalue weighted by molar-refractivity contribution is 5.84. The molecule has 0 bridgehead atoms. The Balaban J connectivity index is 1.88. The molecule has 1 aromatic carbocycles. The molecule has 0 aromatic heterocycles. The highest BCUT2D eigenvalue weighted by Gasteiger charge is 2.23. The Morgan fingerprint density at radius 1 is 1.35 bits per heavy atom. The highest BCUT2D eigenvalue weighted by Crippen LogP contribution is 2.09. The van der Waals surface area contributed by atoms with Crippen molar-refractivity contribution in [2.75, 3.05) is 6.54 Å². The molecule has 1 heterocycles. The van der Waals surface area contributed by atoms with Crippen molar-refractivity contribution in [1.29, 1.82) is 0 Å². The largest absolute Gasteiger partial charge is 0.480 e. The summed E-state index contributed by atoms with van der Waals surface area (Å²) < 4.78 is 0. The Labute approximate surface area is 118 Å². The fourth-order valence-electron chi connectivity index (χ4n) is 2.46. The molecule has 1 aromatic rings. The maximum Gasteiger partial charge on any atom is 0.326 e. The van der Waals surface area contributed by atoms with Crippen molar-refractivity contribution >= 4 is 11.9 Å². The third-order valence-corrected chi connectivity index (χ3v) is 3.51. The van der Waals surface area contributed by atoms with E-state index in [1.807, 2.05) is 30.3 Å². The smallest absolute Gasteiger partial charge is 0.326 e. The third kappa shape index (κ3) is 4.35. The molecule has 1 saturated heterocycles. The average molecular weight is 276 g/mol. The molecule has 1 aliphatic rings. The van der Waals surface area contributed by atoms with Crippen LogP contribution in [-0.4, -0.2) is 35.6 Å². The van der Waals surface area contributed by atoms with Crippen LogP contribution in [-0.2, 0) is 16.0 Å². The van der Waals surface area contributed by atoms with Gasteiger partial charge in [0.15, 0.2) is 0 Å². The van der Waals surface area contributed by atoms with Crippen LogP contribution >= 0.6 is 0 Å². The van der Waals surface area contributed by atoms with E-state index in [-0.39, 0.29) is 11.9 Å². The van der Waals surface area contributed by atoms with Gasteiger partial charge in [-0.15, -0.1) is 0 Å². The van der Waals surface area contributed by atoms with Gasteiger partial charge in [-0.05, 0) is 24.9 Å². The molecule has 1 amide bonds. The lowest BCUT2D eigenvalue weighted by Crippen LogP contribution is -2.44. The monoisotopic (exact) mass is 276 g/mol. The van der Waals surface area contributed by atoms with Gasteiger partial charge in [0.25, 0.3) is 0 Å². The summed E-state index contributed by atoms with van der Waals surface area (Å²) in [5.74, 6) is -1.20. The molecule has 5 heteroatoms. The predicted octanol–water partition coefficient (Wildman–Crippen LogP) is 0.941. The Morgan fingerprint density at radius 3 is 2.70 bits per heavy atom. The van der Waals surface area contributed by atoms with Crippen LogP contribution in [0, 0.1) is 0 Å². The van der Waals surface area contributed by atoms with E-state index in [0.29, 0.717) is 12.8 Å². The number of aliphatic carboxylic acids is 1. The van der Waals surface area contributed by atoms with Crippen LogP contribution in [0.25, 0.3) is 0 Å². The van der Waals surface area contributed by atoms with Crippen LogP contribution in [0.15, 0.2) is 30.3 Å². The zero-order valence-corrected chi connectivity index (χ0v) is 11.3. The van der Waals surface area contributed by atoms with Gasteiger partial charge >= 0.3 is 5.97 Å². The molecule has 1 aliphatic heterocycles. The highest BCUT2D eigenvalue weighted by atomic mass is 16.4. The van der Waals surface area contributed by atoms with Crippen molar-refractivity contribution in [1.82, 2.24) is 10.6 Å². The molecule has 0 spiro atoms. The van der Waals surface area contributed by atoms with Gasteiger partial charge in [0.05, 0.1) is 0 Å². The second-order valence-corrected chi connectivity index (χ2v) is 5.15. The van der Waals surface area contributed by atoms with Crippen LogP contribution in [0.1, 0.15) is 24.8 Å². The second-order valence-electron chi connectivity index (χ2n) is 5.15. The number of carbonyl (C=O) groups is 2. The van der Waals surface area contributed by atoms with E-state index >= 15 is 0 Å². The summed E-state index contributed by atoms with van der Waals surface area (Å²) in [5.41, 5.74) is 0.902. The molecule has 0 saturated carbocycles. The van der Waals surface area contributed by atoms with Gasteiger partial charge in [-0.3, -0.25) is 4.79 Å². The molecule has 3 N–H and O–H groups in total. The number of amides is 1. The minimum absolute atomic E-state index is 0.182. The van der Waals surface area contributed by atoms with Gasteiger partial charge in [0.2, 0.25) is 5.91 Å². The molecular formula is C15H20N2O3. The topological polar surface area (TPSA) is 78.4 Å². The minimum atomic E-state index is -0.999. The third-order valence-electron chi connectivity index (χ3n) is 3.51. The number of hydrogen-bond donors (Lipinski definition) is 3. The van der Waals surface area contributed by atoms with Crippen LogP contribution < -0.4 is 10.6 Å². The Kier molecular flexibility index (Phi) is 5.12. The van der Waals surface area contributed by atoms with E-state index in [0.717, 1.165) is 24.9 Å². The van der Waals surface area contributed by atoms with E-state index < -0.39 is 12.0 Å². The summed E-state index contributed by atoms with van der Waals surface area (Å²) in [7, 11) is 0. The normalized spacial score (nSPS) is 19.5. The Morgan fingerprint density at radius 2 is 2.10 bits per heavy atom. The van der Waals surface area contributed by atoms with Crippen LogP contribution in [0.2, 0.25) is 0 Å². The summed E-state index contributed by atoms with van der Waals surface area (Å²) >= 11 is 0. The molecule has 0 aliphatic carbocycles. The van der Waals surface area contributed by atoms with Gasteiger partial charge in [-0.1, -0.05) is 30.3 Å². The number of hydrogen-bond acceptors (Lipinski definition) is 3. The van der Waals surface area contributed by atoms with E-state index in [1.54, 1.807) is 0 Å². The molecule has 0 radical (unpaired) electrons. The van der Waals surface area contributed by atoms with Crippen molar-refractivity contribution in [2.24, 2.45) is 0 Å². The summed E-state index contributed by atoms with van der Waals surface area (Å²) in [6, 6.07) is 8.63. The molecule has 108 valence electrons. The number of benzene rings is 1. The van der Waals surface area contributed by atoms with Crippen LogP contribution in [0.4, 0.5) is 0 Å². The first-order chi connectivity index (χ1) is 9.65. The number of rotatable bonds is 6. The van der Waals surface area contributed by atoms with E-state index in [4.69, 9.17) is 0 Å². The number of carboxylic acid groups (broad SMARTS) is 1. The summed E-state index contributed by atoms with van der Waals surface area (Å²) in [6.45, 7) is 0.935. The molecule has 2 atom stereocenters. The summed E-state index contributed by atoms with van der Waals surface area (Å²) in [5, 5.41) is 15.1. The first-order valence-electron chi connectivity index (χ1n) is 6.94. The fraction of sp³-hybridized carbons (Fsp3) is 0.467. The maximum absolute atomic E-state index is 11.9. The van der Waals surface area contributed by atoms with Gasteiger partial charge in [-0.25, -0.2) is 4.79 Å². The fourth-order valence-corrected chi connectivity index (χ4v) is 2.46. The van der Waals surface area contributed by atoms with Crippen molar-refractivity contribution < 1.29 is 14.7 Å². The lowest BCUT2D eigenvalue weighted by atomic mass is 10.1. The first kappa shape index (κ1) is 14.5. The molecular weight excluding hydrogens is 256 g/mol. The second kappa shape index (κ2) is 7.05. The Hall–Kier alpha value is -1.88. The van der Waals surface area contributed by atoms with E-state index in [2.05, 4.69) is 10.6 Å². The quantitative estimate of drug-likeness (QED) is 0.722. The predicted molar refractivity (Wildman–Crippen MR) is 75.4 cm³/mol. The lowest BCUT2D eigenvalue weighted by molar-refractivity contribution is -0.141. The summed E-state index contributed by atoms with van der Waals surface area (Å²) in [4.78, 5) is 23.1. The maximum atomic E-state index is 11.9. The van der Waals surface area contributed by atoms with Crippen molar-refractivity contribution in [2.45, 2.75) is 37.8 Å². The Bertz CT molecular complexity index is 455. The van der Waals surface area contributed by atoms with E-state index in [9.17, 15) is 14.7 Å². The average Bonchev–Trinajstić information content (AvgIpc) is 2.92. The van der Waals surface area contributed by atoms with Crippen molar-refractivity contribution in [3.8, 4) is 0 Å². The van der Waals surface area contributed by atoms with E-state index in [1.165, 1.54) is 0 Å². The van der Waals surface area contributed by atoms with Gasteiger partial charge < -0.3 is 15.7 Å². The van der Waals surface area contributed by atoms with Gasteiger partial charge in [0.1, 0.15) is 6.04 Å². The van der Waals surface area contributed by atoms with Crippen molar-refractivity contribution in [3.05, 3.63) is 35.9 Å². The van der Waals surface area contributed by atoms with Crippen LogP contribution in [0.5, 0.6) is 0 Å². The number of carboxylic acids is 1. The SMILES string of the molecule is O=C(CC1CCCN1)NC(Cc1ccccc1)C(=O)O. The lowest BCUT2D eigenvalue weighted by Gasteiger charge is -2.16. The molecule has 5 nitrogen and oxygen atoms in total. The molecule has 2 unspecified atom stereocenters. The zero-order chi connectivity index (χ0) is 14.4. The first-order valence-corrected chi connectivity index (χ1v) is 6.94. The minimum Gasteiger partial charge on any atom is -0.480 e. The molecule has 2 rings (SSSR count). The van der Waals surface area contributed by atoms with Crippen LogP contribution in [0.3, 0.4) is 0 Å². The number of nitrogens with one attached hydrogen (secondary N) is 2. The van der Waals surface area contributed by atoms with Gasteiger partial charge in [0, 0.05) is 18.9 Å².